The fourth-order valence-corrected chi connectivity index (χ4v) is 0. The molecule has 0 unspecified atom stereocenters. The van der Waals surface area contributed by atoms with Gasteiger partial charge in [0, 0.05) is 0 Å². The molecule has 5 heteroatoms. The van der Waals surface area contributed by atoms with Crippen LogP contribution in [0, 0.1) is 0 Å². The van der Waals surface area contributed by atoms with Gasteiger partial charge in [-0.1, -0.05) is 0 Å². The number of hydrogen-bond acceptors (Lipinski definition) is 0. The largest absolute Gasteiger partial charge is 2.00 e. The topological polar surface area (TPSA) is 0 Å². The Morgan fingerprint density at radius 2 is 0.600 bits per heavy atom. The van der Waals surface area contributed by atoms with E-state index in [4.69, 9.17) is 0 Å². The van der Waals surface area contributed by atoms with E-state index in [0.717, 1.165) is 0 Å². The molecule has 0 N–H and O–H groups in total. The molecule has 0 aromatic carbocycles. The van der Waals surface area contributed by atoms with Crippen LogP contribution in [-0.2, 0) is 20.4 Å². The summed E-state index contributed by atoms with van der Waals surface area (Å²) < 4.78 is 0. The van der Waals surface area contributed by atoms with E-state index in [-0.39, 0.29) is 76.5 Å². The summed E-state index contributed by atoms with van der Waals surface area (Å²) >= 11 is 0. The fraction of sp³-hybridized carbons (Fsp3) is 0. The van der Waals surface area contributed by atoms with Gasteiger partial charge in [0.1, 0.15) is 0 Å². The van der Waals surface area contributed by atoms with Crippen molar-refractivity contribution in [1.82, 2.24) is 0 Å². The zero-order chi connectivity index (χ0) is 0. The zero-order valence-corrected chi connectivity index (χ0v) is 6.27. The summed E-state index contributed by atoms with van der Waals surface area (Å²) in [4.78, 5) is 0. The monoisotopic (exact) mass is 218 g/mol. The van der Waals surface area contributed by atoms with Crippen LogP contribution in [0.1, 0.15) is 0 Å². The molecule has 0 amide bonds. The SMILES string of the molecule is [Cl-].[Cl-].[Cl-].[Li+].[Pd+2]. The van der Waals surface area contributed by atoms with Crippen molar-refractivity contribution in [3.63, 3.8) is 0 Å². The first-order valence-electron chi connectivity index (χ1n) is 0. The molecule has 0 aromatic heterocycles. The van der Waals surface area contributed by atoms with Crippen LogP contribution in [0.4, 0.5) is 0 Å². The molecule has 0 fully saturated rings. The van der Waals surface area contributed by atoms with Crippen LogP contribution in [-0.4, -0.2) is 0 Å². The third-order valence-electron chi connectivity index (χ3n) is 0. The third kappa shape index (κ3) is 23.0. The van der Waals surface area contributed by atoms with E-state index >= 15 is 0 Å². The van der Waals surface area contributed by atoms with Crippen molar-refractivity contribution in [1.29, 1.82) is 0 Å². The minimum Gasteiger partial charge on any atom is -1.00 e. The van der Waals surface area contributed by atoms with E-state index < -0.39 is 0 Å². The molecule has 0 radical (unpaired) electrons. The molecule has 5 heavy (non-hydrogen) atoms. The first-order valence-corrected chi connectivity index (χ1v) is 0. The number of hydrogen-bond donors (Lipinski definition) is 0. The van der Waals surface area contributed by atoms with Crippen molar-refractivity contribution in [2.24, 2.45) is 0 Å². The Bertz CT molecular complexity index is 6.85. The maximum absolute atomic E-state index is 0. The Morgan fingerprint density at radius 3 is 0.600 bits per heavy atom. The first kappa shape index (κ1) is 59.1. The summed E-state index contributed by atoms with van der Waals surface area (Å²) in [5, 5.41) is 0. The predicted octanol–water partition coefficient (Wildman–Crippen LogP) is -12.0. The van der Waals surface area contributed by atoms with Crippen LogP contribution in [0.2, 0.25) is 0 Å². The summed E-state index contributed by atoms with van der Waals surface area (Å²) in [6.07, 6.45) is 0. The molecule has 0 heterocycles. The molecule has 0 atom stereocenters. The molecule has 0 bridgehead atoms. The van der Waals surface area contributed by atoms with E-state index in [9.17, 15) is 0 Å². The van der Waals surface area contributed by atoms with E-state index in [1.807, 2.05) is 0 Å². The fourth-order valence-electron chi connectivity index (χ4n) is 0. The summed E-state index contributed by atoms with van der Waals surface area (Å²) in [5.41, 5.74) is 0. The van der Waals surface area contributed by atoms with Crippen LogP contribution in [0.15, 0.2) is 0 Å². The standard InChI is InChI=1S/3ClH.Li.Pd/h3*1H;;/q;;;+1;+2/p-3. The summed E-state index contributed by atoms with van der Waals surface area (Å²) in [6, 6.07) is 0. The van der Waals surface area contributed by atoms with Gasteiger partial charge < -0.3 is 37.2 Å². The zero-order valence-electron chi connectivity index (χ0n) is 2.45. The number of rotatable bonds is 0. The van der Waals surface area contributed by atoms with Crippen molar-refractivity contribution in [2.45, 2.75) is 0 Å². The summed E-state index contributed by atoms with van der Waals surface area (Å²) in [7, 11) is 0. The van der Waals surface area contributed by atoms with Gasteiger partial charge in [0.25, 0.3) is 0 Å². The molecule has 0 aromatic rings. The van der Waals surface area contributed by atoms with Gasteiger partial charge in [-0.05, 0) is 0 Å². The van der Waals surface area contributed by atoms with Crippen LogP contribution >= 0.6 is 0 Å². The van der Waals surface area contributed by atoms with Crippen LogP contribution in [0.25, 0.3) is 0 Å². The van der Waals surface area contributed by atoms with Crippen molar-refractivity contribution in [3.05, 3.63) is 0 Å². The van der Waals surface area contributed by atoms with Gasteiger partial charge in [0.05, 0.1) is 0 Å². The minimum atomic E-state index is 0. The van der Waals surface area contributed by atoms with Crippen LogP contribution in [0.5, 0.6) is 0 Å². The maximum atomic E-state index is 0. The first-order chi connectivity index (χ1) is 0. The van der Waals surface area contributed by atoms with Gasteiger partial charge in [-0.25, -0.2) is 0 Å². The molecule has 0 aliphatic carbocycles. The minimum absolute atomic E-state index is 0. The quantitative estimate of drug-likeness (QED) is 0.355. The molecule has 0 rings (SSSR count). The van der Waals surface area contributed by atoms with E-state index in [2.05, 4.69) is 0 Å². The van der Waals surface area contributed by atoms with Gasteiger partial charge in [0.15, 0.2) is 0 Å². The molecular formula is Cl3LiPd. The summed E-state index contributed by atoms with van der Waals surface area (Å²) in [6.45, 7) is 0. The average molecular weight is 220 g/mol. The molecule has 0 saturated heterocycles. The Hall–Kier alpha value is 2.13. The van der Waals surface area contributed by atoms with Gasteiger partial charge in [-0.15, -0.1) is 0 Å². The van der Waals surface area contributed by atoms with Gasteiger partial charge in [0.2, 0.25) is 0 Å². The van der Waals surface area contributed by atoms with Crippen molar-refractivity contribution >= 4 is 0 Å². The number of halogens is 3. The Labute approximate surface area is 75.9 Å². The Kier molecular flexibility index (Phi) is 420. The summed E-state index contributed by atoms with van der Waals surface area (Å²) in [5.74, 6) is 0. The third-order valence-corrected chi connectivity index (χ3v) is 0. The second-order valence-corrected chi connectivity index (χ2v) is 0. The molecule has 0 nitrogen and oxygen atoms in total. The smallest absolute Gasteiger partial charge is 1.00 e. The molecular weight excluding hydrogens is 220 g/mol. The molecule has 0 aliphatic heterocycles. The maximum Gasteiger partial charge on any atom is 2.00 e. The average Bonchev–Trinajstić information content (AvgIpc) is 0. The molecule has 32 valence electrons. The second kappa shape index (κ2) is 35.6. The van der Waals surface area contributed by atoms with E-state index in [1.165, 1.54) is 0 Å². The van der Waals surface area contributed by atoms with E-state index in [1.54, 1.807) is 0 Å². The second-order valence-electron chi connectivity index (χ2n) is 0. The normalized spacial score (nSPS) is 0. The Morgan fingerprint density at radius 1 is 0.600 bits per heavy atom. The molecule has 0 aliphatic rings. The van der Waals surface area contributed by atoms with Crippen molar-refractivity contribution < 1.29 is 76.5 Å². The van der Waals surface area contributed by atoms with Gasteiger partial charge >= 0.3 is 39.3 Å². The van der Waals surface area contributed by atoms with Crippen molar-refractivity contribution in [2.75, 3.05) is 0 Å². The van der Waals surface area contributed by atoms with Gasteiger partial charge in [-0.2, -0.15) is 0 Å². The molecule has 0 saturated carbocycles. The van der Waals surface area contributed by atoms with Gasteiger partial charge in [-0.3, -0.25) is 0 Å². The predicted molar refractivity (Wildman–Crippen MR) is 0 cm³/mol. The van der Waals surface area contributed by atoms with E-state index in [0.29, 0.717) is 0 Å². The molecule has 0 spiro atoms. The van der Waals surface area contributed by atoms with Crippen LogP contribution in [0.3, 0.4) is 0 Å². The van der Waals surface area contributed by atoms with Crippen LogP contribution < -0.4 is 56.1 Å². The Balaban J connectivity index is 0. The van der Waals surface area contributed by atoms with Crippen molar-refractivity contribution in [3.8, 4) is 0 Å².